The quantitative estimate of drug-likeness (QED) is 0.872. The summed E-state index contributed by atoms with van der Waals surface area (Å²) in [4.78, 5) is 27.4. The highest BCUT2D eigenvalue weighted by molar-refractivity contribution is 6.14. The van der Waals surface area contributed by atoms with Crippen molar-refractivity contribution in [3.63, 3.8) is 0 Å². The second kappa shape index (κ2) is 5.99. The summed E-state index contributed by atoms with van der Waals surface area (Å²) in [5.41, 5.74) is 1.95. The molecule has 25 heavy (non-hydrogen) atoms. The molecule has 0 radical (unpaired) electrons. The van der Waals surface area contributed by atoms with Gasteiger partial charge in [-0.1, -0.05) is 30.3 Å². The van der Waals surface area contributed by atoms with Crippen LogP contribution in [0, 0.1) is 11.2 Å². The molecular formula is C20H19FN2O2. The molecule has 1 fully saturated rings. The first-order valence-electron chi connectivity index (χ1n) is 8.53. The van der Waals surface area contributed by atoms with Crippen LogP contribution in [-0.4, -0.2) is 18.4 Å². The van der Waals surface area contributed by atoms with Gasteiger partial charge in [0, 0.05) is 18.8 Å². The predicted molar refractivity (Wildman–Crippen MR) is 92.4 cm³/mol. The lowest BCUT2D eigenvalue weighted by molar-refractivity contribution is -0.135. The number of nitrogens with one attached hydrogen (secondary N) is 1. The summed E-state index contributed by atoms with van der Waals surface area (Å²) in [6.45, 7) is 0.926. The van der Waals surface area contributed by atoms with Gasteiger partial charge in [0.25, 0.3) is 0 Å². The number of benzene rings is 2. The molecule has 1 aliphatic heterocycles. The van der Waals surface area contributed by atoms with Gasteiger partial charge < -0.3 is 10.2 Å². The molecule has 2 aromatic carbocycles. The lowest BCUT2D eigenvalue weighted by atomic mass is 10.0. The van der Waals surface area contributed by atoms with E-state index < -0.39 is 5.41 Å². The van der Waals surface area contributed by atoms with E-state index in [4.69, 9.17) is 0 Å². The Balaban J connectivity index is 1.45. The number of rotatable bonds is 4. The highest BCUT2D eigenvalue weighted by Gasteiger charge is 2.58. The van der Waals surface area contributed by atoms with E-state index >= 15 is 0 Å². The second-order valence-electron chi connectivity index (χ2n) is 6.73. The van der Waals surface area contributed by atoms with Crippen molar-refractivity contribution < 1.29 is 14.0 Å². The van der Waals surface area contributed by atoms with Crippen LogP contribution in [0.1, 0.15) is 24.0 Å². The second-order valence-corrected chi connectivity index (χ2v) is 6.73. The number of hydrogen-bond acceptors (Lipinski definition) is 2. The van der Waals surface area contributed by atoms with E-state index in [1.165, 1.54) is 12.1 Å². The molecule has 0 spiro atoms. The number of anilines is 1. The van der Waals surface area contributed by atoms with Crippen LogP contribution in [0.5, 0.6) is 0 Å². The molecule has 1 heterocycles. The minimum atomic E-state index is -0.933. The minimum absolute atomic E-state index is 0.103. The molecule has 1 N–H and O–H groups in total. The fourth-order valence-corrected chi connectivity index (χ4v) is 3.42. The fourth-order valence-electron chi connectivity index (χ4n) is 3.42. The molecule has 0 aromatic heterocycles. The van der Waals surface area contributed by atoms with E-state index in [1.54, 1.807) is 17.0 Å². The maximum atomic E-state index is 13.0. The standard InChI is InChI=1S/C20H19FN2O2/c21-16-7-5-14(6-8-16)13-22-18(24)20(10-11-20)19(25)23-12-9-15-3-1-2-4-17(15)23/h1-8H,9-13H2,(H,22,24). The summed E-state index contributed by atoms with van der Waals surface area (Å²) in [6, 6.07) is 13.8. The van der Waals surface area contributed by atoms with Crippen LogP contribution in [0.3, 0.4) is 0 Å². The van der Waals surface area contributed by atoms with Crippen molar-refractivity contribution in [2.45, 2.75) is 25.8 Å². The number of halogens is 1. The highest BCUT2D eigenvalue weighted by atomic mass is 19.1. The largest absolute Gasteiger partial charge is 0.351 e. The molecule has 1 aliphatic carbocycles. The number of hydrogen-bond donors (Lipinski definition) is 1. The third kappa shape index (κ3) is 2.80. The van der Waals surface area contributed by atoms with Gasteiger partial charge in [0.15, 0.2) is 0 Å². The van der Waals surface area contributed by atoms with E-state index in [2.05, 4.69) is 5.32 Å². The third-order valence-corrected chi connectivity index (χ3v) is 5.09. The summed E-state index contributed by atoms with van der Waals surface area (Å²) in [6.07, 6.45) is 1.99. The van der Waals surface area contributed by atoms with E-state index in [0.717, 1.165) is 23.2 Å². The Morgan fingerprint density at radius 3 is 2.52 bits per heavy atom. The van der Waals surface area contributed by atoms with Crippen molar-refractivity contribution in [2.75, 3.05) is 11.4 Å². The lowest BCUT2D eigenvalue weighted by Gasteiger charge is -2.23. The van der Waals surface area contributed by atoms with Gasteiger partial charge in [-0.15, -0.1) is 0 Å². The number of para-hydroxylation sites is 1. The summed E-state index contributed by atoms with van der Waals surface area (Å²) < 4.78 is 12.9. The molecule has 0 saturated heterocycles. The monoisotopic (exact) mass is 338 g/mol. The molecule has 1 saturated carbocycles. The molecule has 5 heteroatoms. The van der Waals surface area contributed by atoms with Crippen LogP contribution >= 0.6 is 0 Å². The maximum Gasteiger partial charge on any atom is 0.242 e. The van der Waals surface area contributed by atoms with Crippen molar-refractivity contribution in [1.29, 1.82) is 0 Å². The molecule has 4 rings (SSSR count). The first-order valence-corrected chi connectivity index (χ1v) is 8.53. The zero-order valence-corrected chi connectivity index (χ0v) is 13.8. The summed E-state index contributed by atoms with van der Waals surface area (Å²) in [5.74, 6) is -0.642. The van der Waals surface area contributed by atoms with Gasteiger partial charge in [-0.2, -0.15) is 0 Å². The molecule has 128 valence electrons. The number of nitrogens with zero attached hydrogens (tertiary/aromatic N) is 1. The van der Waals surface area contributed by atoms with E-state index in [1.807, 2.05) is 24.3 Å². The van der Waals surface area contributed by atoms with Crippen LogP contribution in [0.4, 0.5) is 10.1 Å². The Kier molecular flexibility index (Phi) is 3.79. The molecule has 0 bridgehead atoms. The first-order chi connectivity index (χ1) is 12.1. The highest BCUT2D eigenvalue weighted by Crippen LogP contribution is 2.49. The number of carbonyl (C=O) groups excluding carboxylic acids is 2. The summed E-state index contributed by atoms with van der Waals surface area (Å²) in [7, 11) is 0. The molecule has 2 aromatic rings. The van der Waals surface area contributed by atoms with Gasteiger partial charge in [0.05, 0.1) is 0 Å². The zero-order chi connectivity index (χ0) is 17.4. The van der Waals surface area contributed by atoms with E-state index in [0.29, 0.717) is 25.9 Å². The zero-order valence-electron chi connectivity index (χ0n) is 13.8. The lowest BCUT2D eigenvalue weighted by Crippen LogP contribution is -2.44. The Hall–Kier alpha value is -2.69. The summed E-state index contributed by atoms with van der Waals surface area (Å²) in [5, 5.41) is 2.84. The minimum Gasteiger partial charge on any atom is -0.351 e. The Morgan fingerprint density at radius 2 is 1.80 bits per heavy atom. The van der Waals surface area contributed by atoms with E-state index in [-0.39, 0.29) is 17.6 Å². The van der Waals surface area contributed by atoms with Gasteiger partial charge in [0.2, 0.25) is 11.8 Å². The molecular weight excluding hydrogens is 319 g/mol. The molecule has 2 amide bonds. The van der Waals surface area contributed by atoms with Crippen LogP contribution in [0.15, 0.2) is 48.5 Å². The van der Waals surface area contributed by atoms with Crippen molar-refractivity contribution in [3.05, 3.63) is 65.5 Å². The number of amides is 2. The van der Waals surface area contributed by atoms with Crippen molar-refractivity contribution in [2.24, 2.45) is 5.41 Å². The average molecular weight is 338 g/mol. The number of fused-ring (bicyclic) bond motifs is 1. The van der Waals surface area contributed by atoms with Crippen molar-refractivity contribution >= 4 is 17.5 Å². The molecule has 0 atom stereocenters. The Bertz CT molecular complexity index is 828. The Labute approximate surface area is 145 Å². The smallest absolute Gasteiger partial charge is 0.242 e. The molecule has 2 aliphatic rings. The van der Waals surface area contributed by atoms with Gasteiger partial charge in [0.1, 0.15) is 11.2 Å². The van der Waals surface area contributed by atoms with Gasteiger partial charge in [-0.05, 0) is 48.6 Å². The van der Waals surface area contributed by atoms with Crippen LogP contribution in [0.25, 0.3) is 0 Å². The predicted octanol–water partition coefficient (Wildman–Crippen LogP) is 2.81. The SMILES string of the molecule is O=C(NCc1ccc(F)cc1)C1(C(=O)N2CCc3ccccc32)CC1. The van der Waals surface area contributed by atoms with Gasteiger partial charge in [-0.3, -0.25) is 9.59 Å². The third-order valence-electron chi connectivity index (χ3n) is 5.09. The topological polar surface area (TPSA) is 49.4 Å². The average Bonchev–Trinajstić information content (AvgIpc) is 3.34. The summed E-state index contributed by atoms with van der Waals surface area (Å²) >= 11 is 0. The first kappa shape index (κ1) is 15.8. The van der Waals surface area contributed by atoms with Crippen molar-refractivity contribution in [1.82, 2.24) is 5.32 Å². The van der Waals surface area contributed by atoms with Crippen LogP contribution < -0.4 is 10.2 Å². The Morgan fingerprint density at radius 1 is 1.08 bits per heavy atom. The molecule has 4 nitrogen and oxygen atoms in total. The van der Waals surface area contributed by atoms with Crippen LogP contribution in [-0.2, 0) is 22.6 Å². The van der Waals surface area contributed by atoms with Gasteiger partial charge >= 0.3 is 0 Å². The van der Waals surface area contributed by atoms with Crippen molar-refractivity contribution in [3.8, 4) is 0 Å². The van der Waals surface area contributed by atoms with Crippen LogP contribution in [0.2, 0.25) is 0 Å². The maximum absolute atomic E-state index is 13.0. The number of carbonyl (C=O) groups is 2. The normalized spacial score (nSPS) is 17.1. The van der Waals surface area contributed by atoms with Gasteiger partial charge in [-0.25, -0.2) is 4.39 Å². The molecule has 0 unspecified atom stereocenters. The fraction of sp³-hybridized carbons (Fsp3) is 0.300. The van der Waals surface area contributed by atoms with E-state index in [9.17, 15) is 14.0 Å².